The van der Waals surface area contributed by atoms with Crippen molar-refractivity contribution in [3.63, 3.8) is 0 Å². The largest absolute Gasteiger partial charge is 0.340 e. The van der Waals surface area contributed by atoms with Gasteiger partial charge in [-0.3, -0.25) is 5.10 Å². The van der Waals surface area contributed by atoms with E-state index >= 15 is 0 Å². The van der Waals surface area contributed by atoms with Crippen molar-refractivity contribution >= 4 is 22.4 Å². The van der Waals surface area contributed by atoms with E-state index in [2.05, 4.69) is 25.5 Å². The Balaban J connectivity index is 1.70. The summed E-state index contributed by atoms with van der Waals surface area (Å²) in [6, 6.07) is 9.36. The average molecular weight is 337 g/mol. The van der Waals surface area contributed by atoms with E-state index in [9.17, 15) is 8.78 Å². The Morgan fingerprint density at radius 1 is 1.00 bits per heavy atom. The second-order valence-corrected chi connectivity index (χ2v) is 5.65. The minimum absolute atomic E-state index is 0.316. The molecule has 2 aromatic carbocycles. The molecule has 4 aromatic rings. The highest BCUT2D eigenvalue weighted by molar-refractivity contribution is 5.82. The SMILES string of the molecule is Cc1cnc(-c2ccc(F)c(F)c2)nc1Nc1ccc2[nH]ncc2c1. The van der Waals surface area contributed by atoms with Crippen LogP contribution in [0, 0.1) is 18.6 Å². The molecule has 0 amide bonds. The van der Waals surface area contributed by atoms with Crippen LogP contribution in [-0.4, -0.2) is 20.2 Å². The molecule has 5 nitrogen and oxygen atoms in total. The number of aryl methyl sites for hydroxylation is 1. The second-order valence-electron chi connectivity index (χ2n) is 5.65. The minimum Gasteiger partial charge on any atom is -0.340 e. The number of aromatic amines is 1. The average Bonchev–Trinajstić information content (AvgIpc) is 3.07. The number of hydrogen-bond donors (Lipinski definition) is 2. The molecular weight excluding hydrogens is 324 g/mol. The number of benzene rings is 2. The van der Waals surface area contributed by atoms with Gasteiger partial charge in [0.05, 0.1) is 11.7 Å². The summed E-state index contributed by atoms with van der Waals surface area (Å²) in [4.78, 5) is 8.65. The third-order valence-corrected chi connectivity index (χ3v) is 3.85. The normalized spacial score (nSPS) is 11.0. The van der Waals surface area contributed by atoms with Crippen LogP contribution >= 0.6 is 0 Å². The summed E-state index contributed by atoms with van der Waals surface area (Å²) in [5.74, 6) is -0.918. The highest BCUT2D eigenvalue weighted by atomic mass is 19.2. The maximum Gasteiger partial charge on any atom is 0.161 e. The molecule has 4 rings (SSSR count). The standard InChI is InChI=1S/C18H13F2N5/c1-10-8-21-18(11-2-4-14(19)15(20)7-11)24-17(10)23-13-3-5-16-12(6-13)9-22-25-16/h2-9H,1H3,(H,22,25)(H,21,23,24). The van der Waals surface area contributed by atoms with Crippen LogP contribution in [0.3, 0.4) is 0 Å². The molecule has 0 saturated heterocycles. The lowest BCUT2D eigenvalue weighted by atomic mass is 10.2. The monoisotopic (exact) mass is 337 g/mol. The van der Waals surface area contributed by atoms with Crippen LogP contribution in [0.25, 0.3) is 22.3 Å². The summed E-state index contributed by atoms with van der Waals surface area (Å²) in [5, 5.41) is 11.1. The van der Waals surface area contributed by atoms with Crippen LogP contribution in [0.4, 0.5) is 20.3 Å². The topological polar surface area (TPSA) is 66.5 Å². The van der Waals surface area contributed by atoms with E-state index in [0.29, 0.717) is 17.2 Å². The molecule has 2 N–H and O–H groups in total. The molecular formula is C18H13F2N5. The molecule has 0 saturated carbocycles. The van der Waals surface area contributed by atoms with Crippen LogP contribution in [0.2, 0.25) is 0 Å². The van der Waals surface area contributed by atoms with Crippen LogP contribution in [-0.2, 0) is 0 Å². The zero-order valence-corrected chi connectivity index (χ0v) is 13.2. The van der Waals surface area contributed by atoms with Gasteiger partial charge in [0, 0.05) is 28.4 Å². The van der Waals surface area contributed by atoms with Gasteiger partial charge in [-0.05, 0) is 43.3 Å². The van der Waals surface area contributed by atoms with Gasteiger partial charge in [-0.15, -0.1) is 0 Å². The van der Waals surface area contributed by atoms with E-state index < -0.39 is 11.6 Å². The van der Waals surface area contributed by atoms with Crippen molar-refractivity contribution in [3.8, 4) is 11.4 Å². The number of aromatic nitrogens is 4. The van der Waals surface area contributed by atoms with Crippen molar-refractivity contribution in [1.82, 2.24) is 20.2 Å². The number of halogens is 2. The van der Waals surface area contributed by atoms with Crippen LogP contribution < -0.4 is 5.32 Å². The Labute approximate surface area is 141 Å². The maximum atomic E-state index is 13.5. The predicted molar refractivity (Wildman–Crippen MR) is 91.5 cm³/mol. The molecule has 0 bridgehead atoms. The molecule has 124 valence electrons. The van der Waals surface area contributed by atoms with Crippen LogP contribution in [0.15, 0.2) is 48.8 Å². The van der Waals surface area contributed by atoms with Crippen LogP contribution in [0.5, 0.6) is 0 Å². The lowest BCUT2D eigenvalue weighted by Crippen LogP contribution is -2.00. The molecule has 0 atom stereocenters. The van der Waals surface area contributed by atoms with Crippen molar-refractivity contribution in [2.24, 2.45) is 0 Å². The van der Waals surface area contributed by atoms with Crippen molar-refractivity contribution in [2.75, 3.05) is 5.32 Å². The molecule has 0 radical (unpaired) electrons. The maximum absolute atomic E-state index is 13.5. The molecule has 0 aliphatic heterocycles. The Morgan fingerprint density at radius 2 is 1.88 bits per heavy atom. The van der Waals surface area contributed by atoms with Gasteiger partial charge in [-0.2, -0.15) is 5.10 Å². The number of anilines is 2. The fraction of sp³-hybridized carbons (Fsp3) is 0.0556. The third-order valence-electron chi connectivity index (χ3n) is 3.85. The van der Waals surface area contributed by atoms with E-state index in [-0.39, 0.29) is 0 Å². The van der Waals surface area contributed by atoms with Crippen molar-refractivity contribution in [3.05, 3.63) is 66.0 Å². The molecule has 0 spiro atoms. The van der Waals surface area contributed by atoms with Crippen molar-refractivity contribution in [2.45, 2.75) is 6.92 Å². The van der Waals surface area contributed by atoms with Crippen LogP contribution in [0.1, 0.15) is 5.56 Å². The minimum atomic E-state index is -0.929. The summed E-state index contributed by atoms with van der Waals surface area (Å²) >= 11 is 0. The van der Waals surface area contributed by atoms with Gasteiger partial charge >= 0.3 is 0 Å². The zero-order chi connectivity index (χ0) is 17.4. The molecule has 25 heavy (non-hydrogen) atoms. The van der Waals surface area contributed by atoms with E-state index in [1.807, 2.05) is 25.1 Å². The summed E-state index contributed by atoms with van der Waals surface area (Å²) in [5.41, 5.74) is 3.02. The van der Waals surface area contributed by atoms with E-state index in [1.54, 1.807) is 12.4 Å². The number of hydrogen-bond acceptors (Lipinski definition) is 4. The lowest BCUT2D eigenvalue weighted by molar-refractivity contribution is 0.509. The number of H-pyrrole nitrogens is 1. The summed E-state index contributed by atoms with van der Waals surface area (Å²) in [7, 11) is 0. The molecule has 0 unspecified atom stereocenters. The number of nitrogens with zero attached hydrogens (tertiary/aromatic N) is 3. The first-order chi connectivity index (χ1) is 12.1. The van der Waals surface area contributed by atoms with Gasteiger partial charge in [0.1, 0.15) is 5.82 Å². The van der Waals surface area contributed by atoms with Gasteiger partial charge in [0.2, 0.25) is 0 Å². The fourth-order valence-corrected chi connectivity index (χ4v) is 2.50. The van der Waals surface area contributed by atoms with Gasteiger partial charge in [-0.25, -0.2) is 18.7 Å². The smallest absolute Gasteiger partial charge is 0.161 e. The van der Waals surface area contributed by atoms with Crippen molar-refractivity contribution < 1.29 is 8.78 Å². The number of fused-ring (bicyclic) bond motifs is 1. The molecule has 2 heterocycles. The Kier molecular flexibility index (Phi) is 3.61. The van der Waals surface area contributed by atoms with Gasteiger partial charge in [-0.1, -0.05) is 0 Å². The first-order valence-electron chi connectivity index (χ1n) is 7.59. The lowest BCUT2D eigenvalue weighted by Gasteiger charge is -2.10. The number of rotatable bonds is 3. The van der Waals surface area contributed by atoms with Crippen molar-refractivity contribution in [1.29, 1.82) is 0 Å². The Bertz CT molecular complexity index is 1070. The van der Waals surface area contributed by atoms with E-state index in [4.69, 9.17) is 0 Å². The van der Waals surface area contributed by atoms with E-state index in [1.165, 1.54) is 6.07 Å². The summed E-state index contributed by atoms with van der Waals surface area (Å²) in [6.45, 7) is 1.87. The zero-order valence-electron chi connectivity index (χ0n) is 13.2. The third kappa shape index (κ3) is 2.91. The first kappa shape index (κ1) is 15.2. The van der Waals surface area contributed by atoms with E-state index in [0.717, 1.165) is 34.3 Å². The molecule has 7 heteroatoms. The molecule has 2 aromatic heterocycles. The highest BCUT2D eigenvalue weighted by Gasteiger charge is 2.10. The van der Waals surface area contributed by atoms with Gasteiger partial charge in [0.15, 0.2) is 17.5 Å². The Morgan fingerprint density at radius 3 is 2.72 bits per heavy atom. The molecule has 0 aliphatic carbocycles. The fourth-order valence-electron chi connectivity index (χ4n) is 2.50. The second kappa shape index (κ2) is 5.94. The molecule has 0 fully saturated rings. The quantitative estimate of drug-likeness (QED) is 0.583. The highest BCUT2D eigenvalue weighted by Crippen LogP contribution is 2.25. The summed E-state index contributed by atoms with van der Waals surface area (Å²) < 4.78 is 26.6. The predicted octanol–water partition coefficient (Wildman–Crippen LogP) is 4.35. The first-order valence-corrected chi connectivity index (χ1v) is 7.59. The summed E-state index contributed by atoms with van der Waals surface area (Å²) in [6.07, 6.45) is 3.38. The Hall–Kier alpha value is -3.35. The van der Waals surface area contributed by atoms with Gasteiger partial charge in [0.25, 0.3) is 0 Å². The van der Waals surface area contributed by atoms with Gasteiger partial charge < -0.3 is 5.32 Å². The molecule has 0 aliphatic rings. The number of nitrogens with one attached hydrogen (secondary N) is 2.